The lowest BCUT2D eigenvalue weighted by Gasteiger charge is -2.08. The van der Waals surface area contributed by atoms with Crippen LogP contribution < -0.4 is 10.7 Å². The minimum absolute atomic E-state index is 0.0636. The van der Waals surface area contributed by atoms with E-state index in [1.165, 1.54) is 0 Å². The van der Waals surface area contributed by atoms with Crippen molar-refractivity contribution >= 4 is 39.6 Å². The number of amides is 2. The predicted octanol–water partition coefficient (Wildman–Crippen LogP) is 3.81. The molecule has 0 aromatic heterocycles. The number of nitrogens with zero attached hydrogens (tertiary/aromatic N) is 1. The van der Waals surface area contributed by atoms with E-state index in [9.17, 15) is 9.59 Å². The average Bonchev–Trinajstić information content (AvgIpc) is 2.57. The maximum atomic E-state index is 12.0. The molecule has 0 radical (unpaired) electrons. The van der Waals surface area contributed by atoms with E-state index in [4.69, 9.17) is 0 Å². The number of hydrogen-bond acceptors (Lipinski definition) is 3. The van der Waals surface area contributed by atoms with E-state index in [0.29, 0.717) is 11.3 Å². The Bertz CT molecular complexity index is 738. The molecule has 2 rings (SSSR count). The topological polar surface area (TPSA) is 70.6 Å². The van der Waals surface area contributed by atoms with Crippen molar-refractivity contribution in [3.05, 3.63) is 64.1 Å². The van der Waals surface area contributed by atoms with Crippen LogP contribution in [-0.2, 0) is 4.79 Å². The van der Waals surface area contributed by atoms with Gasteiger partial charge in [-0.05, 0) is 42.0 Å². The van der Waals surface area contributed by atoms with Crippen LogP contribution in [-0.4, -0.2) is 18.0 Å². The summed E-state index contributed by atoms with van der Waals surface area (Å²) in [6.07, 6.45) is 1.57. The van der Waals surface area contributed by atoms with Crippen molar-refractivity contribution in [2.75, 3.05) is 5.32 Å². The highest BCUT2D eigenvalue weighted by Gasteiger charge is 2.08. The highest BCUT2D eigenvalue weighted by molar-refractivity contribution is 9.10. The summed E-state index contributed by atoms with van der Waals surface area (Å²) in [6, 6.07) is 14.2. The quantitative estimate of drug-likeness (QED) is 0.604. The standard InChI is InChI=1S/C18H18BrN3O2/c1-12(2)17(23)21-16-9-5-14(6-10-16)18(24)22-20-11-13-3-7-15(19)8-4-13/h3-12H,1-2H3,(H,21,23)(H,22,24)/b20-11+. The van der Waals surface area contributed by atoms with Gasteiger partial charge < -0.3 is 5.32 Å². The Labute approximate surface area is 149 Å². The van der Waals surface area contributed by atoms with Crippen molar-refractivity contribution in [2.45, 2.75) is 13.8 Å². The molecule has 0 spiro atoms. The zero-order valence-corrected chi connectivity index (χ0v) is 15.0. The summed E-state index contributed by atoms with van der Waals surface area (Å²) in [7, 11) is 0. The number of carbonyl (C=O) groups excluding carboxylic acids is 2. The molecule has 2 amide bonds. The molecule has 0 saturated carbocycles. The first-order chi connectivity index (χ1) is 11.5. The number of nitrogens with one attached hydrogen (secondary N) is 2. The molecule has 0 bridgehead atoms. The molecule has 0 fully saturated rings. The zero-order valence-electron chi connectivity index (χ0n) is 13.4. The molecule has 0 aliphatic rings. The van der Waals surface area contributed by atoms with Gasteiger partial charge in [-0.15, -0.1) is 0 Å². The number of carbonyl (C=O) groups is 2. The van der Waals surface area contributed by atoms with Crippen LogP contribution in [0.2, 0.25) is 0 Å². The highest BCUT2D eigenvalue weighted by atomic mass is 79.9. The Morgan fingerprint density at radius 3 is 2.25 bits per heavy atom. The fraction of sp³-hybridized carbons (Fsp3) is 0.167. The van der Waals surface area contributed by atoms with Crippen LogP contribution in [0.3, 0.4) is 0 Å². The summed E-state index contributed by atoms with van der Waals surface area (Å²) in [6.45, 7) is 3.64. The molecule has 5 nitrogen and oxygen atoms in total. The van der Waals surface area contributed by atoms with E-state index in [0.717, 1.165) is 10.0 Å². The third-order valence-electron chi connectivity index (χ3n) is 3.19. The van der Waals surface area contributed by atoms with Gasteiger partial charge in [0.2, 0.25) is 5.91 Å². The molecule has 2 N–H and O–H groups in total. The lowest BCUT2D eigenvalue weighted by atomic mass is 10.1. The molecule has 6 heteroatoms. The van der Waals surface area contributed by atoms with Gasteiger partial charge in [0.05, 0.1) is 6.21 Å². The summed E-state index contributed by atoms with van der Waals surface area (Å²) in [4.78, 5) is 23.6. The molecule has 24 heavy (non-hydrogen) atoms. The van der Waals surface area contributed by atoms with Crippen molar-refractivity contribution in [1.82, 2.24) is 5.43 Å². The Balaban J connectivity index is 1.92. The van der Waals surface area contributed by atoms with Crippen LogP contribution in [0.15, 0.2) is 58.1 Å². The van der Waals surface area contributed by atoms with E-state index in [2.05, 4.69) is 31.8 Å². The number of hydrogen-bond donors (Lipinski definition) is 2. The molecule has 0 saturated heterocycles. The Morgan fingerprint density at radius 1 is 1.04 bits per heavy atom. The molecule has 0 aliphatic heterocycles. The highest BCUT2D eigenvalue weighted by Crippen LogP contribution is 2.11. The lowest BCUT2D eigenvalue weighted by molar-refractivity contribution is -0.118. The minimum atomic E-state index is -0.315. The Morgan fingerprint density at radius 2 is 1.67 bits per heavy atom. The zero-order chi connectivity index (χ0) is 17.5. The van der Waals surface area contributed by atoms with Gasteiger partial charge in [-0.3, -0.25) is 9.59 Å². The monoisotopic (exact) mass is 387 g/mol. The maximum Gasteiger partial charge on any atom is 0.271 e. The van der Waals surface area contributed by atoms with E-state index in [-0.39, 0.29) is 17.7 Å². The second kappa shape index (κ2) is 8.40. The fourth-order valence-electron chi connectivity index (χ4n) is 1.77. The first-order valence-corrected chi connectivity index (χ1v) is 8.25. The van der Waals surface area contributed by atoms with Crippen LogP contribution in [0, 0.1) is 5.92 Å². The lowest BCUT2D eigenvalue weighted by Crippen LogP contribution is -2.19. The van der Waals surface area contributed by atoms with Gasteiger partial charge in [-0.2, -0.15) is 5.10 Å². The molecule has 2 aromatic rings. The predicted molar refractivity (Wildman–Crippen MR) is 99.1 cm³/mol. The smallest absolute Gasteiger partial charge is 0.271 e. The normalized spacial score (nSPS) is 10.8. The van der Waals surface area contributed by atoms with Gasteiger partial charge in [0.25, 0.3) is 5.91 Å². The summed E-state index contributed by atoms with van der Waals surface area (Å²) in [5.41, 5.74) is 4.47. The molecule has 0 unspecified atom stereocenters. The molecule has 0 aliphatic carbocycles. The average molecular weight is 388 g/mol. The van der Waals surface area contributed by atoms with Crippen molar-refractivity contribution in [3.63, 3.8) is 0 Å². The Kier molecular flexibility index (Phi) is 6.26. The summed E-state index contributed by atoms with van der Waals surface area (Å²) >= 11 is 3.36. The van der Waals surface area contributed by atoms with Crippen molar-refractivity contribution in [3.8, 4) is 0 Å². The number of benzene rings is 2. The third-order valence-corrected chi connectivity index (χ3v) is 3.72. The summed E-state index contributed by atoms with van der Waals surface area (Å²) in [5, 5.41) is 6.70. The van der Waals surface area contributed by atoms with Gasteiger partial charge in [0.1, 0.15) is 0 Å². The minimum Gasteiger partial charge on any atom is -0.326 e. The molecule has 124 valence electrons. The molecule has 0 atom stereocenters. The second-order valence-corrected chi connectivity index (χ2v) is 6.39. The van der Waals surface area contributed by atoms with Crippen molar-refractivity contribution < 1.29 is 9.59 Å². The van der Waals surface area contributed by atoms with Gasteiger partial charge in [0, 0.05) is 21.6 Å². The number of anilines is 1. The number of rotatable bonds is 5. The summed E-state index contributed by atoms with van der Waals surface area (Å²) in [5.74, 6) is -0.475. The fourth-order valence-corrected chi connectivity index (χ4v) is 2.03. The number of hydrazone groups is 1. The van der Waals surface area contributed by atoms with Gasteiger partial charge in [-0.25, -0.2) is 5.43 Å². The third kappa shape index (κ3) is 5.31. The SMILES string of the molecule is CC(C)C(=O)Nc1ccc(C(=O)N/N=C/c2ccc(Br)cc2)cc1. The Hall–Kier alpha value is -2.47. The molecule has 2 aromatic carbocycles. The van der Waals surface area contributed by atoms with Crippen LogP contribution >= 0.6 is 15.9 Å². The second-order valence-electron chi connectivity index (χ2n) is 5.47. The van der Waals surface area contributed by atoms with Crippen molar-refractivity contribution in [1.29, 1.82) is 0 Å². The van der Waals surface area contributed by atoms with Crippen LogP contribution in [0.4, 0.5) is 5.69 Å². The molecular formula is C18H18BrN3O2. The van der Waals surface area contributed by atoms with Crippen LogP contribution in [0.5, 0.6) is 0 Å². The van der Waals surface area contributed by atoms with E-state index >= 15 is 0 Å². The van der Waals surface area contributed by atoms with Crippen molar-refractivity contribution in [2.24, 2.45) is 11.0 Å². The maximum absolute atomic E-state index is 12.0. The van der Waals surface area contributed by atoms with Crippen LogP contribution in [0.1, 0.15) is 29.8 Å². The van der Waals surface area contributed by atoms with E-state index in [1.807, 2.05) is 38.1 Å². The van der Waals surface area contributed by atoms with Gasteiger partial charge in [-0.1, -0.05) is 41.9 Å². The molecule has 0 heterocycles. The van der Waals surface area contributed by atoms with Crippen LogP contribution in [0.25, 0.3) is 0 Å². The van der Waals surface area contributed by atoms with E-state index in [1.54, 1.807) is 30.5 Å². The van der Waals surface area contributed by atoms with Gasteiger partial charge >= 0.3 is 0 Å². The largest absolute Gasteiger partial charge is 0.326 e. The number of halogens is 1. The first kappa shape index (κ1) is 17.9. The summed E-state index contributed by atoms with van der Waals surface area (Å²) < 4.78 is 0.980. The van der Waals surface area contributed by atoms with E-state index < -0.39 is 0 Å². The van der Waals surface area contributed by atoms with Gasteiger partial charge in [0.15, 0.2) is 0 Å². The first-order valence-electron chi connectivity index (χ1n) is 7.45. The molecular weight excluding hydrogens is 370 g/mol.